The molecule has 1 N–H and O–H groups in total. The van der Waals surface area contributed by atoms with Crippen molar-refractivity contribution in [3.63, 3.8) is 0 Å². The van der Waals surface area contributed by atoms with Gasteiger partial charge in [0.1, 0.15) is 6.54 Å². The molecule has 1 aliphatic rings. The molecule has 2 aromatic rings. The van der Waals surface area contributed by atoms with Crippen LogP contribution in [0.25, 0.3) is 11.4 Å². The molecule has 0 unspecified atom stereocenters. The van der Waals surface area contributed by atoms with Crippen LogP contribution in [0, 0.1) is 11.8 Å². The van der Waals surface area contributed by atoms with Gasteiger partial charge in [-0.1, -0.05) is 18.5 Å². The van der Waals surface area contributed by atoms with Gasteiger partial charge in [0.05, 0.1) is 5.92 Å². The van der Waals surface area contributed by atoms with E-state index in [0.717, 1.165) is 5.56 Å². The molecule has 1 fully saturated rings. The lowest BCUT2D eigenvalue weighted by Gasteiger charge is -2.14. The summed E-state index contributed by atoms with van der Waals surface area (Å²) in [5, 5.41) is 21.7. The van der Waals surface area contributed by atoms with Crippen molar-refractivity contribution in [3.05, 3.63) is 29.3 Å². The number of benzene rings is 1. The van der Waals surface area contributed by atoms with E-state index in [1.165, 1.54) is 9.70 Å². The van der Waals surface area contributed by atoms with E-state index < -0.39 is 11.9 Å². The minimum absolute atomic E-state index is 0.0696. The summed E-state index contributed by atoms with van der Waals surface area (Å²) < 4.78 is 0. The lowest BCUT2D eigenvalue weighted by molar-refractivity contribution is -0.142. The van der Waals surface area contributed by atoms with Gasteiger partial charge in [-0.3, -0.25) is 9.59 Å². The average Bonchev–Trinajstić information content (AvgIpc) is 3.15. The molecule has 8 nitrogen and oxygen atoms in total. The zero-order valence-corrected chi connectivity index (χ0v) is 13.7. The number of carboxylic acid groups (broad SMARTS) is 1. The van der Waals surface area contributed by atoms with Crippen LogP contribution >= 0.6 is 11.6 Å². The lowest BCUT2D eigenvalue weighted by Crippen LogP contribution is -2.33. The summed E-state index contributed by atoms with van der Waals surface area (Å²) in [5.41, 5.74) is 0.749. The highest BCUT2D eigenvalue weighted by atomic mass is 35.5. The zero-order chi connectivity index (χ0) is 17.3. The van der Waals surface area contributed by atoms with Crippen molar-refractivity contribution in [2.75, 3.05) is 13.1 Å². The maximum absolute atomic E-state index is 12.3. The van der Waals surface area contributed by atoms with Crippen LogP contribution in [-0.4, -0.2) is 55.2 Å². The molecular weight excluding hydrogens is 334 g/mol. The number of nitrogens with zero attached hydrogens (tertiary/aromatic N) is 5. The third-order valence-corrected chi connectivity index (χ3v) is 4.37. The summed E-state index contributed by atoms with van der Waals surface area (Å²) in [6.07, 6.45) is 0. The fourth-order valence-electron chi connectivity index (χ4n) is 2.74. The summed E-state index contributed by atoms with van der Waals surface area (Å²) in [7, 11) is 0. The fraction of sp³-hybridized carbons (Fsp3) is 0.400. The van der Waals surface area contributed by atoms with Gasteiger partial charge in [-0.05, 0) is 35.4 Å². The molecule has 0 radical (unpaired) electrons. The normalized spacial score (nSPS) is 20.3. The van der Waals surface area contributed by atoms with Gasteiger partial charge in [0.15, 0.2) is 0 Å². The topological polar surface area (TPSA) is 101 Å². The summed E-state index contributed by atoms with van der Waals surface area (Å²) in [6.45, 7) is 2.40. The smallest absolute Gasteiger partial charge is 0.308 e. The molecule has 126 valence electrons. The van der Waals surface area contributed by atoms with Crippen LogP contribution < -0.4 is 0 Å². The van der Waals surface area contributed by atoms with Gasteiger partial charge in [-0.15, -0.1) is 10.2 Å². The van der Waals surface area contributed by atoms with Crippen molar-refractivity contribution in [1.82, 2.24) is 25.1 Å². The minimum atomic E-state index is -0.873. The van der Waals surface area contributed by atoms with Crippen LogP contribution in [0.15, 0.2) is 24.3 Å². The number of aromatic nitrogens is 4. The van der Waals surface area contributed by atoms with Gasteiger partial charge in [0, 0.05) is 23.7 Å². The number of aliphatic carboxylic acids is 1. The monoisotopic (exact) mass is 349 g/mol. The number of amides is 1. The predicted octanol–water partition coefficient (Wildman–Crippen LogP) is 1.17. The number of carbonyl (C=O) groups is 2. The summed E-state index contributed by atoms with van der Waals surface area (Å²) >= 11 is 5.84. The summed E-state index contributed by atoms with van der Waals surface area (Å²) in [4.78, 5) is 26.2. The highest BCUT2D eigenvalue weighted by Gasteiger charge is 2.37. The van der Waals surface area contributed by atoms with Crippen molar-refractivity contribution >= 4 is 23.5 Å². The van der Waals surface area contributed by atoms with Crippen LogP contribution in [0.5, 0.6) is 0 Å². The molecule has 9 heteroatoms. The third-order valence-electron chi connectivity index (χ3n) is 4.11. The van der Waals surface area contributed by atoms with Crippen molar-refractivity contribution < 1.29 is 14.7 Å². The molecule has 24 heavy (non-hydrogen) atoms. The fourth-order valence-corrected chi connectivity index (χ4v) is 2.86. The van der Waals surface area contributed by atoms with Gasteiger partial charge in [-0.2, -0.15) is 4.80 Å². The Balaban J connectivity index is 1.66. The Morgan fingerprint density at radius 1 is 1.29 bits per heavy atom. The lowest BCUT2D eigenvalue weighted by atomic mass is 9.99. The van der Waals surface area contributed by atoms with Crippen LogP contribution in [0.4, 0.5) is 0 Å². The first kappa shape index (κ1) is 16.4. The molecule has 2 atom stereocenters. The molecule has 0 aliphatic carbocycles. The second kappa shape index (κ2) is 6.56. The number of carbonyl (C=O) groups excluding carboxylic acids is 1. The van der Waals surface area contributed by atoms with Gasteiger partial charge in [-0.25, -0.2) is 0 Å². The molecule has 3 rings (SSSR count). The Hall–Kier alpha value is -2.48. The molecule has 0 bridgehead atoms. The predicted molar refractivity (Wildman–Crippen MR) is 85.1 cm³/mol. The standard InChI is InChI=1S/C15H16ClN5O3/c1-9-6-20(7-12(9)15(23)24)13(22)8-21-18-14(17-19-21)10-2-4-11(16)5-3-10/h2-5,9,12H,6-8H2,1H3,(H,23,24)/t9-,12-/m1/s1. The van der Waals surface area contributed by atoms with E-state index in [0.29, 0.717) is 17.4 Å². The number of rotatable bonds is 4. The molecule has 0 spiro atoms. The van der Waals surface area contributed by atoms with E-state index in [1.807, 2.05) is 6.92 Å². The first-order valence-corrected chi connectivity index (χ1v) is 7.86. The number of halogens is 1. The van der Waals surface area contributed by atoms with Gasteiger partial charge < -0.3 is 10.0 Å². The van der Waals surface area contributed by atoms with Crippen molar-refractivity contribution in [1.29, 1.82) is 0 Å². The SMILES string of the molecule is C[C@@H]1CN(C(=O)Cn2nnc(-c3ccc(Cl)cc3)n2)C[C@H]1C(=O)O. The Bertz CT molecular complexity index is 761. The second-order valence-electron chi connectivity index (χ2n) is 5.87. The molecule has 1 aromatic carbocycles. The van der Waals surface area contributed by atoms with Crippen LogP contribution in [0.3, 0.4) is 0 Å². The van der Waals surface area contributed by atoms with Gasteiger partial charge >= 0.3 is 5.97 Å². The summed E-state index contributed by atoms with van der Waals surface area (Å²) in [6, 6.07) is 6.98. The number of hydrogen-bond donors (Lipinski definition) is 1. The highest BCUT2D eigenvalue weighted by molar-refractivity contribution is 6.30. The number of tetrazole rings is 1. The van der Waals surface area contributed by atoms with Crippen LogP contribution in [0.2, 0.25) is 5.02 Å². The largest absolute Gasteiger partial charge is 0.481 e. The summed E-state index contributed by atoms with van der Waals surface area (Å²) in [5.74, 6) is -1.29. The van der Waals surface area contributed by atoms with E-state index in [9.17, 15) is 9.59 Å². The first-order chi connectivity index (χ1) is 11.4. The van der Waals surface area contributed by atoms with E-state index in [4.69, 9.17) is 16.7 Å². The van der Waals surface area contributed by atoms with E-state index in [1.54, 1.807) is 24.3 Å². The number of hydrogen-bond acceptors (Lipinski definition) is 5. The van der Waals surface area contributed by atoms with Gasteiger partial charge in [0.2, 0.25) is 11.7 Å². The quantitative estimate of drug-likeness (QED) is 0.889. The van der Waals surface area contributed by atoms with Crippen LogP contribution in [-0.2, 0) is 16.1 Å². The molecule has 1 aromatic heterocycles. The zero-order valence-electron chi connectivity index (χ0n) is 13.0. The molecule has 1 amide bonds. The van der Waals surface area contributed by atoms with Crippen molar-refractivity contribution in [2.45, 2.75) is 13.5 Å². The second-order valence-corrected chi connectivity index (χ2v) is 6.31. The van der Waals surface area contributed by atoms with Crippen molar-refractivity contribution in [3.8, 4) is 11.4 Å². The Morgan fingerprint density at radius 2 is 2.00 bits per heavy atom. The number of likely N-dealkylation sites (tertiary alicyclic amines) is 1. The van der Waals surface area contributed by atoms with Crippen molar-refractivity contribution in [2.24, 2.45) is 11.8 Å². The third kappa shape index (κ3) is 3.38. The molecule has 1 aliphatic heterocycles. The Morgan fingerprint density at radius 3 is 2.62 bits per heavy atom. The van der Waals surface area contributed by atoms with E-state index in [2.05, 4.69) is 15.4 Å². The average molecular weight is 350 g/mol. The van der Waals surface area contributed by atoms with E-state index >= 15 is 0 Å². The molecule has 2 heterocycles. The first-order valence-electron chi connectivity index (χ1n) is 7.48. The Kier molecular flexibility index (Phi) is 4.48. The minimum Gasteiger partial charge on any atom is -0.481 e. The molecule has 0 saturated carbocycles. The molecular formula is C15H16ClN5O3. The Labute approximate surface area is 143 Å². The maximum atomic E-state index is 12.3. The van der Waals surface area contributed by atoms with Crippen LogP contribution in [0.1, 0.15) is 6.92 Å². The maximum Gasteiger partial charge on any atom is 0.308 e. The van der Waals surface area contributed by atoms with Gasteiger partial charge in [0.25, 0.3) is 0 Å². The van der Waals surface area contributed by atoms with E-state index in [-0.39, 0.29) is 24.9 Å². The molecule has 1 saturated heterocycles. The number of carboxylic acids is 1. The highest BCUT2D eigenvalue weighted by Crippen LogP contribution is 2.23.